The summed E-state index contributed by atoms with van der Waals surface area (Å²) in [6, 6.07) is 1.26. The first-order valence-electron chi connectivity index (χ1n) is 6.15. The molecule has 1 saturated heterocycles. The molecule has 0 aromatic carbocycles. The van der Waals surface area contributed by atoms with Crippen LogP contribution in [0.25, 0.3) is 0 Å². The van der Waals surface area contributed by atoms with Crippen LogP contribution in [0.5, 0.6) is 0 Å². The summed E-state index contributed by atoms with van der Waals surface area (Å²) in [6.45, 7) is 3.85. The molecule has 2 atom stereocenters. The Balaban J connectivity index is 2.08. The molecule has 2 unspecified atom stereocenters. The van der Waals surface area contributed by atoms with E-state index < -0.39 is 6.04 Å². The van der Waals surface area contributed by atoms with Crippen molar-refractivity contribution in [2.45, 2.75) is 38.8 Å². The van der Waals surface area contributed by atoms with Gasteiger partial charge in [-0.2, -0.15) is 5.10 Å². The second-order valence-electron chi connectivity index (χ2n) is 4.63. The zero-order valence-electron chi connectivity index (χ0n) is 10.9. The quantitative estimate of drug-likeness (QED) is 0.801. The minimum absolute atomic E-state index is 0.0412. The number of aromatic nitrogens is 2. The van der Waals surface area contributed by atoms with E-state index in [0.29, 0.717) is 5.82 Å². The van der Waals surface area contributed by atoms with Crippen molar-refractivity contribution >= 4 is 17.6 Å². The van der Waals surface area contributed by atoms with Crippen molar-refractivity contribution in [3.05, 3.63) is 12.3 Å². The van der Waals surface area contributed by atoms with Gasteiger partial charge in [-0.05, 0) is 13.3 Å². The van der Waals surface area contributed by atoms with Gasteiger partial charge in [-0.1, -0.05) is 6.92 Å². The third kappa shape index (κ3) is 2.23. The molecule has 1 aliphatic rings. The Morgan fingerprint density at radius 1 is 1.56 bits per heavy atom. The predicted molar refractivity (Wildman–Crippen MR) is 66.8 cm³/mol. The normalized spacial score (nSPS) is 21.5. The van der Waals surface area contributed by atoms with Crippen molar-refractivity contribution in [2.24, 2.45) is 7.05 Å². The van der Waals surface area contributed by atoms with Gasteiger partial charge in [-0.15, -0.1) is 0 Å². The monoisotopic (exact) mass is 250 g/mol. The van der Waals surface area contributed by atoms with Gasteiger partial charge in [0.2, 0.25) is 5.91 Å². The Bertz CT molecular complexity index is 468. The van der Waals surface area contributed by atoms with Crippen molar-refractivity contribution in [1.82, 2.24) is 14.7 Å². The Hall–Kier alpha value is -1.85. The summed E-state index contributed by atoms with van der Waals surface area (Å²) in [5, 5.41) is 7.15. The van der Waals surface area contributed by atoms with Crippen LogP contribution in [0.2, 0.25) is 0 Å². The van der Waals surface area contributed by atoms with E-state index >= 15 is 0 Å². The number of likely N-dealkylation sites (tertiary alicyclic amines) is 1. The van der Waals surface area contributed by atoms with Crippen molar-refractivity contribution in [2.75, 3.05) is 5.32 Å². The summed E-state index contributed by atoms with van der Waals surface area (Å²) < 4.78 is 1.65. The van der Waals surface area contributed by atoms with Crippen molar-refractivity contribution in [3.8, 4) is 0 Å². The first-order valence-corrected chi connectivity index (χ1v) is 6.15. The maximum atomic E-state index is 12.1. The van der Waals surface area contributed by atoms with E-state index in [1.807, 2.05) is 13.8 Å². The van der Waals surface area contributed by atoms with E-state index in [1.165, 1.54) is 4.90 Å². The molecule has 18 heavy (non-hydrogen) atoms. The zero-order valence-corrected chi connectivity index (χ0v) is 10.9. The van der Waals surface area contributed by atoms with Gasteiger partial charge in [0.25, 0.3) is 5.91 Å². The molecular formula is C12H18N4O2. The number of amides is 2. The van der Waals surface area contributed by atoms with E-state index in [9.17, 15) is 9.59 Å². The highest BCUT2D eigenvalue weighted by Gasteiger charge is 2.40. The fraction of sp³-hybridized carbons (Fsp3) is 0.583. The summed E-state index contributed by atoms with van der Waals surface area (Å²) in [5.41, 5.74) is 0. The number of imide groups is 1. The highest BCUT2D eigenvalue weighted by Crippen LogP contribution is 2.20. The van der Waals surface area contributed by atoms with Gasteiger partial charge in [0.1, 0.15) is 11.9 Å². The average molecular weight is 250 g/mol. The van der Waals surface area contributed by atoms with Crippen molar-refractivity contribution < 1.29 is 9.59 Å². The van der Waals surface area contributed by atoms with Gasteiger partial charge in [-0.25, -0.2) is 0 Å². The van der Waals surface area contributed by atoms with Crippen LogP contribution < -0.4 is 5.32 Å². The Morgan fingerprint density at radius 3 is 2.83 bits per heavy atom. The zero-order chi connectivity index (χ0) is 13.3. The minimum atomic E-state index is -0.485. The number of hydrogen-bond acceptors (Lipinski definition) is 4. The standard InChI is InChI=1S/C12H18N4O2/c1-4-8(2)16-11(17)7-9(12(16)18)13-10-5-6-15(3)14-10/h5-6,8-9H,4,7H2,1-3H3,(H,13,14). The topological polar surface area (TPSA) is 67.2 Å². The van der Waals surface area contributed by atoms with Crippen LogP contribution in [0.3, 0.4) is 0 Å². The van der Waals surface area contributed by atoms with Crippen molar-refractivity contribution in [1.29, 1.82) is 0 Å². The fourth-order valence-corrected chi connectivity index (χ4v) is 2.08. The molecule has 6 nitrogen and oxygen atoms in total. The predicted octanol–water partition coefficient (Wildman–Crippen LogP) is 0.758. The molecule has 1 aromatic heterocycles. The summed E-state index contributed by atoms with van der Waals surface area (Å²) in [5.74, 6) is 0.359. The molecule has 0 bridgehead atoms. The Kier molecular flexibility index (Phi) is 3.36. The molecule has 1 aliphatic heterocycles. The lowest BCUT2D eigenvalue weighted by molar-refractivity contribution is -0.140. The molecule has 1 aromatic rings. The summed E-state index contributed by atoms with van der Waals surface area (Å²) in [6.07, 6.45) is 2.77. The molecule has 2 rings (SSSR count). The maximum Gasteiger partial charge on any atom is 0.252 e. The second-order valence-corrected chi connectivity index (χ2v) is 4.63. The first-order chi connectivity index (χ1) is 8.52. The molecular weight excluding hydrogens is 232 g/mol. The number of rotatable bonds is 4. The lowest BCUT2D eigenvalue weighted by atomic mass is 10.2. The molecule has 2 amide bonds. The lowest BCUT2D eigenvalue weighted by Gasteiger charge is -2.21. The van der Waals surface area contributed by atoms with Crippen LogP contribution in [-0.2, 0) is 16.6 Å². The Labute approximate surface area is 106 Å². The molecule has 0 spiro atoms. The van der Waals surface area contributed by atoms with Crippen LogP contribution in [0.15, 0.2) is 12.3 Å². The molecule has 2 heterocycles. The minimum Gasteiger partial charge on any atom is -0.356 e. The third-order valence-corrected chi connectivity index (χ3v) is 3.25. The molecule has 0 saturated carbocycles. The van der Waals surface area contributed by atoms with Gasteiger partial charge < -0.3 is 5.32 Å². The third-order valence-electron chi connectivity index (χ3n) is 3.25. The van der Waals surface area contributed by atoms with Gasteiger partial charge in [-0.3, -0.25) is 19.2 Å². The summed E-state index contributed by atoms with van der Waals surface area (Å²) in [7, 11) is 1.80. The first kappa shape index (κ1) is 12.6. The number of carbonyl (C=O) groups is 2. The van der Waals surface area contributed by atoms with Gasteiger partial charge in [0.05, 0.1) is 6.42 Å². The summed E-state index contributed by atoms with van der Waals surface area (Å²) in [4.78, 5) is 25.3. The van der Waals surface area contributed by atoms with E-state index in [4.69, 9.17) is 0 Å². The van der Waals surface area contributed by atoms with E-state index in [2.05, 4.69) is 10.4 Å². The van der Waals surface area contributed by atoms with Gasteiger partial charge in [0, 0.05) is 25.4 Å². The van der Waals surface area contributed by atoms with E-state index in [1.54, 1.807) is 24.0 Å². The molecule has 1 N–H and O–H groups in total. The van der Waals surface area contributed by atoms with Crippen LogP contribution in [-0.4, -0.2) is 38.6 Å². The van der Waals surface area contributed by atoms with E-state index in [0.717, 1.165) is 6.42 Å². The fourth-order valence-electron chi connectivity index (χ4n) is 2.08. The van der Waals surface area contributed by atoms with Crippen LogP contribution in [0, 0.1) is 0 Å². The van der Waals surface area contributed by atoms with E-state index in [-0.39, 0.29) is 24.3 Å². The van der Waals surface area contributed by atoms with Crippen LogP contribution >= 0.6 is 0 Å². The highest BCUT2D eigenvalue weighted by molar-refractivity contribution is 6.07. The highest BCUT2D eigenvalue weighted by atomic mass is 16.2. The Morgan fingerprint density at radius 2 is 2.28 bits per heavy atom. The number of nitrogens with zero attached hydrogens (tertiary/aromatic N) is 3. The van der Waals surface area contributed by atoms with Gasteiger partial charge in [0.15, 0.2) is 0 Å². The largest absolute Gasteiger partial charge is 0.356 e. The molecule has 6 heteroatoms. The molecule has 1 fully saturated rings. The molecule has 0 aliphatic carbocycles. The maximum absolute atomic E-state index is 12.1. The SMILES string of the molecule is CCC(C)N1C(=O)CC(Nc2ccn(C)n2)C1=O. The van der Waals surface area contributed by atoms with Crippen molar-refractivity contribution in [3.63, 3.8) is 0 Å². The molecule has 98 valence electrons. The number of aryl methyl sites for hydroxylation is 1. The number of anilines is 1. The number of carbonyl (C=O) groups excluding carboxylic acids is 2. The van der Waals surface area contributed by atoms with Crippen LogP contribution in [0.4, 0.5) is 5.82 Å². The average Bonchev–Trinajstić information content (AvgIpc) is 2.84. The lowest BCUT2D eigenvalue weighted by Crippen LogP contribution is -2.40. The van der Waals surface area contributed by atoms with Crippen LogP contribution in [0.1, 0.15) is 26.7 Å². The smallest absolute Gasteiger partial charge is 0.252 e. The molecule has 0 radical (unpaired) electrons. The second kappa shape index (κ2) is 4.80. The summed E-state index contributed by atoms with van der Waals surface area (Å²) >= 11 is 0. The number of hydrogen-bond donors (Lipinski definition) is 1. The number of nitrogens with one attached hydrogen (secondary N) is 1. The van der Waals surface area contributed by atoms with Gasteiger partial charge >= 0.3 is 0 Å².